The van der Waals surface area contributed by atoms with Gasteiger partial charge in [0.2, 0.25) is 11.9 Å². The number of carbonyl (C=O) groups is 1. The first kappa shape index (κ1) is 17.6. The number of hydrogen-bond donors (Lipinski definition) is 2. The Labute approximate surface area is 149 Å². The smallest absolute Gasteiger partial charge is 0.254 e. The van der Waals surface area contributed by atoms with Crippen LogP contribution in [-0.4, -0.2) is 38.6 Å². The van der Waals surface area contributed by atoms with Crippen molar-refractivity contribution in [3.05, 3.63) is 47.0 Å². The highest BCUT2D eigenvalue weighted by Gasteiger charge is 2.15. The van der Waals surface area contributed by atoms with Crippen molar-refractivity contribution in [3.63, 3.8) is 0 Å². The fraction of sp³-hybridized carbons (Fsp3) is 0.294. The van der Waals surface area contributed by atoms with E-state index in [1.165, 1.54) is 16.6 Å². The fourth-order valence-corrected chi connectivity index (χ4v) is 2.62. The van der Waals surface area contributed by atoms with Crippen LogP contribution >= 0.6 is 0 Å². The van der Waals surface area contributed by atoms with Crippen LogP contribution in [-0.2, 0) is 11.2 Å². The first-order valence-corrected chi connectivity index (χ1v) is 8.08. The second-order valence-corrected chi connectivity index (χ2v) is 5.75. The number of ether oxygens (including phenoxy) is 1. The lowest BCUT2D eigenvalue weighted by Crippen LogP contribution is -2.30. The molecule has 0 spiro atoms. The number of amides is 1. The van der Waals surface area contributed by atoms with E-state index in [-0.39, 0.29) is 37.2 Å². The number of anilines is 1. The normalized spacial score (nSPS) is 10.9. The first-order valence-electron chi connectivity index (χ1n) is 8.08. The van der Waals surface area contributed by atoms with Crippen LogP contribution in [0.3, 0.4) is 0 Å². The molecular weight excluding hydrogens is 339 g/mol. The Kier molecular flexibility index (Phi) is 4.97. The molecule has 1 aromatic carbocycles. The second kappa shape index (κ2) is 7.34. The van der Waals surface area contributed by atoms with Crippen LogP contribution in [0.25, 0.3) is 5.78 Å². The lowest BCUT2D eigenvalue weighted by molar-refractivity contribution is -0.120. The van der Waals surface area contributed by atoms with Crippen LogP contribution < -0.4 is 15.8 Å². The van der Waals surface area contributed by atoms with Crippen LogP contribution in [0.4, 0.5) is 10.3 Å². The van der Waals surface area contributed by atoms with E-state index < -0.39 is 5.82 Å². The number of para-hydroxylation sites is 1. The number of benzene rings is 1. The third kappa shape index (κ3) is 3.71. The number of nitrogens with one attached hydrogen (secondary N) is 1. The van der Waals surface area contributed by atoms with Crippen molar-refractivity contribution < 1.29 is 13.9 Å². The molecule has 136 valence electrons. The number of fused-ring (bicyclic) bond motifs is 1. The van der Waals surface area contributed by atoms with Gasteiger partial charge in [-0.3, -0.25) is 4.79 Å². The molecule has 0 bridgehead atoms. The average Bonchev–Trinajstić information content (AvgIpc) is 2.97. The third-order valence-corrected chi connectivity index (χ3v) is 3.92. The van der Waals surface area contributed by atoms with E-state index in [0.29, 0.717) is 11.5 Å². The van der Waals surface area contributed by atoms with Gasteiger partial charge in [-0.15, -0.1) is 5.10 Å². The Morgan fingerprint density at radius 1 is 1.31 bits per heavy atom. The Morgan fingerprint density at radius 2 is 2.08 bits per heavy atom. The molecule has 0 atom stereocenters. The summed E-state index contributed by atoms with van der Waals surface area (Å²) in [4.78, 5) is 20.5. The molecule has 0 aliphatic heterocycles. The van der Waals surface area contributed by atoms with Gasteiger partial charge in [0.15, 0.2) is 11.6 Å². The minimum Gasteiger partial charge on any atom is -0.489 e. The summed E-state index contributed by atoms with van der Waals surface area (Å²) >= 11 is 0. The quantitative estimate of drug-likeness (QED) is 0.641. The molecule has 0 fully saturated rings. The zero-order valence-corrected chi connectivity index (χ0v) is 14.5. The zero-order valence-electron chi connectivity index (χ0n) is 14.5. The molecule has 0 aliphatic rings. The van der Waals surface area contributed by atoms with Gasteiger partial charge in [-0.2, -0.15) is 9.50 Å². The van der Waals surface area contributed by atoms with E-state index in [2.05, 4.69) is 20.4 Å². The molecule has 3 aromatic rings. The molecule has 1 amide bonds. The predicted molar refractivity (Wildman–Crippen MR) is 93.3 cm³/mol. The summed E-state index contributed by atoms with van der Waals surface area (Å²) in [6.07, 6.45) is 0.139. The highest BCUT2D eigenvalue weighted by Crippen LogP contribution is 2.16. The SMILES string of the molecule is Cc1nc2nc(N)nn2c(C)c1CC(=O)NCCOc1ccccc1F. The number of aryl methyl sites for hydroxylation is 2. The van der Waals surface area contributed by atoms with E-state index in [0.717, 1.165) is 11.3 Å². The zero-order chi connectivity index (χ0) is 18.7. The fourth-order valence-electron chi connectivity index (χ4n) is 2.62. The van der Waals surface area contributed by atoms with Crippen LogP contribution in [0.15, 0.2) is 24.3 Å². The predicted octanol–water partition coefficient (Wildman–Crippen LogP) is 1.20. The molecule has 8 nitrogen and oxygen atoms in total. The van der Waals surface area contributed by atoms with Gasteiger partial charge in [0, 0.05) is 17.0 Å². The second-order valence-electron chi connectivity index (χ2n) is 5.75. The average molecular weight is 358 g/mol. The molecule has 0 radical (unpaired) electrons. The minimum absolute atomic E-state index is 0.131. The van der Waals surface area contributed by atoms with Crippen LogP contribution in [0.1, 0.15) is 17.0 Å². The lowest BCUT2D eigenvalue weighted by atomic mass is 10.1. The standard InChI is InChI=1S/C17H19FN6O2/c1-10-12(11(2)24-17(21-10)22-16(19)23-24)9-15(25)20-7-8-26-14-6-4-3-5-13(14)18/h3-6H,7-9H2,1-2H3,(H2,19,23)(H,20,25). The minimum atomic E-state index is -0.434. The number of aromatic nitrogens is 4. The van der Waals surface area contributed by atoms with Crippen molar-refractivity contribution in [1.82, 2.24) is 24.9 Å². The summed E-state index contributed by atoms with van der Waals surface area (Å²) in [5.41, 5.74) is 7.81. The first-order chi connectivity index (χ1) is 12.5. The van der Waals surface area contributed by atoms with E-state index in [1.807, 2.05) is 13.8 Å². The van der Waals surface area contributed by atoms with Gasteiger partial charge >= 0.3 is 0 Å². The van der Waals surface area contributed by atoms with E-state index in [4.69, 9.17) is 10.5 Å². The molecule has 0 unspecified atom stereocenters. The summed E-state index contributed by atoms with van der Waals surface area (Å²) in [6, 6.07) is 6.12. The number of rotatable bonds is 6. The maximum Gasteiger partial charge on any atom is 0.254 e. The van der Waals surface area contributed by atoms with Gasteiger partial charge in [0.25, 0.3) is 5.78 Å². The van der Waals surface area contributed by atoms with Gasteiger partial charge < -0.3 is 15.8 Å². The van der Waals surface area contributed by atoms with E-state index in [9.17, 15) is 9.18 Å². The summed E-state index contributed by atoms with van der Waals surface area (Å²) in [6.45, 7) is 4.07. The number of nitrogens with two attached hydrogens (primary N) is 1. The molecular formula is C17H19FN6O2. The molecule has 9 heteroatoms. The number of halogens is 1. The molecule has 0 saturated heterocycles. The highest BCUT2D eigenvalue weighted by atomic mass is 19.1. The molecule has 0 aliphatic carbocycles. The third-order valence-electron chi connectivity index (χ3n) is 3.92. The van der Waals surface area contributed by atoms with Gasteiger partial charge in [-0.25, -0.2) is 9.37 Å². The molecule has 0 saturated carbocycles. The van der Waals surface area contributed by atoms with Gasteiger partial charge in [0.05, 0.1) is 13.0 Å². The topological polar surface area (TPSA) is 107 Å². The van der Waals surface area contributed by atoms with Crippen molar-refractivity contribution in [2.45, 2.75) is 20.3 Å². The Hall–Kier alpha value is -3.23. The number of nitrogen functional groups attached to an aromatic ring is 1. The Morgan fingerprint density at radius 3 is 2.85 bits per heavy atom. The van der Waals surface area contributed by atoms with Crippen molar-refractivity contribution in [1.29, 1.82) is 0 Å². The largest absolute Gasteiger partial charge is 0.489 e. The maximum absolute atomic E-state index is 13.4. The number of hydrogen-bond acceptors (Lipinski definition) is 6. The molecule has 2 heterocycles. The summed E-state index contributed by atoms with van der Waals surface area (Å²) < 4.78 is 20.3. The van der Waals surface area contributed by atoms with Gasteiger partial charge in [-0.1, -0.05) is 12.1 Å². The summed E-state index contributed by atoms with van der Waals surface area (Å²) in [7, 11) is 0. The van der Waals surface area contributed by atoms with E-state index >= 15 is 0 Å². The molecule has 26 heavy (non-hydrogen) atoms. The van der Waals surface area contributed by atoms with Crippen molar-refractivity contribution >= 4 is 17.6 Å². The molecule has 2 aromatic heterocycles. The van der Waals surface area contributed by atoms with Crippen LogP contribution in [0, 0.1) is 19.7 Å². The Bertz CT molecular complexity index is 956. The van der Waals surface area contributed by atoms with Crippen LogP contribution in [0.5, 0.6) is 5.75 Å². The lowest BCUT2D eigenvalue weighted by Gasteiger charge is -2.11. The van der Waals surface area contributed by atoms with Gasteiger partial charge in [0.1, 0.15) is 6.61 Å². The van der Waals surface area contributed by atoms with Crippen LogP contribution in [0.2, 0.25) is 0 Å². The Balaban J connectivity index is 1.58. The number of carbonyl (C=O) groups excluding carboxylic acids is 1. The van der Waals surface area contributed by atoms with Crippen molar-refractivity contribution in [2.24, 2.45) is 0 Å². The maximum atomic E-state index is 13.4. The van der Waals surface area contributed by atoms with E-state index in [1.54, 1.807) is 12.1 Å². The van der Waals surface area contributed by atoms with Crippen molar-refractivity contribution in [2.75, 3.05) is 18.9 Å². The monoisotopic (exact) mass is 358 g/mol. The number of nitrogens with zero attached hydrogens (tertiary/aromatic N) is 4. The highest BCUT2D eigenvalue weighted by molar-refractivity contribution is 5.79. The molecule has 3 N–H and O–H groups in total. The molecule has 3 rings (SSSR count). The van der Waals surface area contributed by atoms with Gasteiger partial charge in [-0.05, 0) is 26.0 Å². The summed E-state index contributed by atoms with van der Waals surface area (Å²) in [5.74, 6) is 0.0674. The summed E-state index contributed by atoms with van der Waals surface area (Å²) in [5, 5.41) is 6.82. The van der Waals surface area contributed by atoms with Crippen molar-refractivity contribution in [3.8, 4) is 5.75 Å².